The van der Waals surface area contributed by atoms with Crippen LogP contribution in [0.1, 0.15) is 36.9 Å². The lowest BCUT2D eigenvalue weighted by Gasteiger charge is -2.30. The molecule has 1 N–H and O–H groups in total. The van der Waals surface area contributed by atoms with Gasteiger partial charge in [-0.1, -0.05) is 5.92 Å². The van der Waals surface area contributed by atoms with Gasteiger partial charge >= 0.3 is 0 Å². The minimum Gasteiger partial charge on any atom is -0.493 e. The Kier molecular flexibility index (Phi) is 6.72. The van der Waals surface area contributed by atoms with Crippen molar-refractivity contribution in [2.45, 2.75) is 32.7 Å². The number of rotatable bonds is 6. The molecule has 0 bridgehead atoms. The van der Waals surface area contributed by atoms with E-state index in [0.717, 1.165) is 37.1 Å². The molecule has 1 heterocycles. The Morgan fingerprint density at radius 3 is 2.48 bits per heavy atom. The second kappa shape index (κ2) is 8.77. The molecule has 0 radical (unpaired) electrons. The Bertz CT molecular complexity index is 643. The van der Waals surface area contributed by atoms with Crippen LogP contribution in [-0.4, -0.2) is 44.7 Å². The van der Waals surface area contributed by atoms with Crippen LogP contribution in [0.4, 0.5) is 0 Å². The van der Waals surface area contributed by atoms with E-state index in [1.807, 2.05) is 26.0 Å². The fraction of sp³-hybridized carbons (Fsp3) is 0.550. The van der Waals surface area contributed by atoms with Gasteiger partial charge in [-0.3, -0.25) is 9.69 Å². The van der Waals surface area contributed by atoms with Crippen LogP contribution >= 0.6 is 0 Å². The predicted octanol–water partition coefficient (Wildman–Crippen LogP) is 2.53. The number of nitrogens with one attached hydrogen (secondary N) is 1. The van der Waals surface area contributed by atoms with Crippen molar-refractivity contribution in [1.29, 1.82) is 0 Å². The van der Waals surface area contributed by atoms with Crippen molar-refractivity contribution in [3.8, 4) is 23.8 Å². The lowest BCUT2D eigenvalue weighted by Crippen LogP contribution is -2.41. The molecule has 0 spiro atoms. The summed E-state index contributed by atoms with van der Waals surface area (Å²) in [5, 5.41) is 3.15. The molecule has 5 nitrogen and oxygen atoms in total. The number of terminal acetylenes is 1. The van der Waals surface area contributed by atoms with Gasteiger partial charge in [0.2, 0.25) is 5.91 Å². The summed E-state index contributed by atoms with van der Waals surface area (Å²) in [5.74, 6) is 4.20. The van der Waals surface area contributed by atoms with Crippen LogP contribution in [0.15, 0.2) is 12.1 Å². The Morgan fingerprint density at radius 2 is 1.92 bits per heavy atom. The summed E-state index contributed by atoms with van der Waals surface area (Å²) in [7, 11) is 3.24. The van der Waals surface area contributed by atoms with Crippen LogP contribution in [0, 0.1) is 25.2 Å². The zero-order valence-corrected chi connectivity index (χ0v) is 15.6. The average molecular weight is 344 g/mol. The summed E-state index contributed by atoms with van der Waals surface area (Å²) in [5.41, 5.74) is 2.10. The molecular formula is C20H28N2O3. The monoisotopic (exact) mass is 344 g/mol. The SMILES string of the molecule is C#CCN1CCC(C(=O)NC(C)c2cc(OC)c(OC)cc2C)CC1. The first kappa shape index (κ1) is 19.1. The number of nitrogens with zero attached hydrogens (tertiary/aromatic N) is 1. The number of amides is 1. The standard InChI is InChI=1S/C20H28N2O3/c1-6-9-22-10-7-16(8-11-22)20(23)21-15(3)17-13-19(25-5)18(24-4)12-14(17)2/h1,12-13,15-16H,7-11H2,2-5H3,(H,21,23). The highest BCUT2D eigenvalue weighted by molar-refractivity contribution is 5.79. The fourth-order valence-electron chi connectivity index (χ4n) is 3.35. The number of aryl methyl sites for hydroxylation is 1. The minimum absolute atomic E-state index is 0.0527. The molecular weight excluding hydrogens is 316 g/mol. The molecule has 1 fully saturated rings. The van der Waals surface area contributed by atoms with E-state index >= 15 is 0 Å². The highest BCUT2D eigenvalue weighted by Crippen LogP contribution is 2.33. The Labute approximate surface area is 150 Å². The number of hydrogen-bond donors (Lipinski definition) is 1. The molecule has 0 aliphatic carbocycles. The van der Waals surface area contributed by atoms with Gasteiger partial charge in [0.25, 0.3) is 0 Å². The third-order valence-corrected chi connectivity index (χ3v) is 4.87. The first-order valence-corrected chi connectivity index (χ1v) is 8.68. The first-order chi connectivity index (χ1) is 12.0. The molecule has 0 aromatic heterocycles. The van der Waals surface area contributed by atoms with Crippen molar-refractivity contribution in [2.75, 3.05) is 33.9 Å². The normalized spacial score (nSPS) is 16.8. The number of ether oxygens (including phenoxy) is 2. The van der Waals surface area contributed by atoms with Crippen molar-refractivity contribution < 1.29 is 14.3 Å². The third-order valence-electron chi connectivity index (χ3n) is 4.87. The summed E-state index contributed by atoms with van der Waals surface area (Å²) in [4.78, 5) is 14.8. The summed E-state index contributed by atoms with van der Waals surface area (Å²) >= 11 is 0. The second-order valence-electron chi connectivity index (χ2n) is 6.55. The molecule has 1 amide bonds. The number of carbonyl (C=O) groups is 1. The number of hydrogen-bond acceptors (Lipinski definition) is 4. The Morgan fingerprint density at radius 1 is 1.32 bits per heavy atom. The second-order valence-corrected chi connectivity index (χ2v) is 6.55. The molecule has 1 saturated heterocycles. The van der Waals surface area contributed by atoms with E-state index in [9.17, 15) is 4.79 Å². The lowest BCUT2D eigenvalue weighted by molar-refractivity contribution is -0.127. The molecule has 1 aliphatic heterocycles. The highest BCUT2D eigenvalue weighted by atomic mass is 16.5. The van der Waals surface area contributed by atoms with Gasteiger partial charge in [0, 0.05) is 5.92 Å². The third kappa shape index (κ3) is 4.67. The smallest absolute Gasteiger partial charge is 0.223 e. The maximum atomic E-state index is 12.6. The van der Waals surface area contributed by atoms with E-state index in [1.54, 1.807) is 14.2 Å². The summed E-state index contributed by atoms with van der Waals surface area (Å²) < 4.78 is 10.7. The minimum atomic E-state index is -0.0870. The number of likely N-dealkylation sites (tertiary alicyclic amines) is 1. The van der Waals surface area contributed by atoms with E-state index in [2.05, 4.69) is 16.1 Å². The van der Waals surface area contributed by atoms with E-state index < -0.39 is 0 Å². The number of benzene rings is 1. The number of piperidine rings is 1. The van der Waals surface area contributed by atoms with Gasteiger partial charge in [0.15, 0.2) is 11.5 Å². The molecule has 25 heavy (non-hydrogen) atoms. The largest absolute Gasteiger partial charge is 0.493 e. The molecule has 0 saturated carbocycles. The summed E-state index contributed by atoms with van der Waals surface area (Å²) in [6.45, 7) is 6.44. The highest BCUT2D eigenvalue weighted by Gasteiger charge is 2.26. The summed E-state index contributed by atoms with van der Waals surface area (Å²) in [6.07, 6.45) is 7.06. The molecule has 1 atom stereocenters. The van der Waals surface area contributed by atoms with Crippen LogP contribution in [0.25, 0.3) is 0 Å². The summed E-state index contributed by atoms with van der Waals surface area (Å²) in [6, 6.07) is 3.79. The van der Waals surface area contributed by atoms with E-state index in [4.69, 9.17) is 15.9 Å². The van der Waals surface area contributed by atoms with Gasteiger partial charge in [0.1, 0.15) is 0 Å². The molecule has 2 rings (SSSR count). The molecule has 1 unspecified atom stereocenters. The van der Waals surface area contributed by atoms with Crippen molar-refractivity contribution in [1.82, 2.24) is 10.2 Å². The van der Waals surface area contributed by atoms with E-state index in [1.165, 1.54) is 0 Å². The molecule has 136 valence electrons. The zero-order chi connectivity index (χ0) is 18.4. The van der Waals surface area contributed by atoms with Crippen molar-refractivity contribution in [3.63, 3.8) is 0 Å². The predicted molar refractivity (Wildman–Crippen MR) is 98.8 cm³/mol. The van der Waals surface area contributed by atoms with Crippen LogP contribution in [0.5, 0.6) is 11.5 Å². The average Bonchev–Trinajstić information content (AvgIpc) is 2.62. The molecule has 1 aromatic carbocycles. The number of carbonyl (C=O) groups excluding carboxylic acids is 1. The fourth-order valence-corrected chi connectivity index (χ4v) is 3.35. The van der Waals surface area contributed by atoms with Crippen LogP contribution < -0.4 is 14.8 Å². The Hall–Kier alpha value is -2.19. The van der Waals surface area contributed by atoms with Crippen molar-refractivity contribution in [2.24, 2.45) is 5.92 Å². The molecule has 5 heteroatoms. The van der Waals surface area contributed by atoms with E-state index in [0.29, 0.717) is 18.0 Å². The maximum Gasteiger partial charge on any atom is 0.223 e. The quantitative estimate of drug-likeness (QED) is 0.806. The molecule has 1 aliphatic rings. The number of methoxy groups -OCH3 is 2. The topological polar surface area (TPSA) is 50.8 Å². The van der Waals surface area contributed by atoms with Gasteiger partial charge in [0.05, 0.1) is 26.8 Å². The van der Waals surface area contributed by atoms with E-state index in [-0.39, 0.29) is 17.9 Å². The van der Waals surface area contributed by atoms with Crippen LogP contribution in [0.2, 0.25) is 0 Å². The zero-order valence-electron chi connectivity index (χ0n) is 15.6. The van der Waals surface area contributed by atoms with Gasteiger partial charge in [-0.15, -0.1) is 6.42 Å². The van der Waals surface area contributed by atoms with Gasteiger partial charge in [-0.25, -0.2) is 0 Å². The van der Waals surface area contributed by atoms with Gasteiger partial charge in [-0.2, -0.15) is 0 Å². The van der Waals surface area contributed by atoms with Crippen LogP contribution in [0.3, 0.4) is 0 Å². The first-order valence-electron chi connectivity index (χ1n) is 8.68. The van der Waals surface area contributed by atoms with Crippen molar-refractivity contribution >= 4 is 5.91 Å². The Balaban J connectivity index is 2.01. The van der Waals surface area contributed by atoms with Gasteiger partial charge in [-0.05, 0) is 63.0 Å². The lowest BCUT2D eigenvalue weighted by atomic mass is 9.94. The molecule has 1 aromatic rings. The maximum absolute atomic E-state index is 12.6. The van der Waals surface area contributed by atoms with Gasteiger partial charge < -0.3 is 14.8 Å². The van der Waals surface area contributed by atoms with Crippen LogP contribution in [-0.2, 0) is 4.79 Å². The van der Waals surface area contributed by atoms with Crippen molar-refractivity contribution in [3.05, 3.63) is 23.3 Å².